The van der Waals surface area contributed by atoms with E-state index in [2.05, 4.69) is 0 Å². The van der Waals surface area contributed by atoms with Crippen molar-refractivity contribution >= 4 is 17.5 Å². The van der Waals surface area contributed by atoms with Gasteiger partial charge in [0.2, 0.25) is 5.91 Å². The van der Waals surface area contributed by atoms with Gasteiger partial charge in [-0.05, 0) is 43.5 Å². The maximum absolute atomic E-state index is 12.0. The summed E-state index contributed by atoms with van der Waals surface area (Å²) in [6.45, 7) is 2.52. The van der Waals surface area contributed by atoms with Crippen molar-refractivity contribution < 1.29 is 9.59 Å². The second-order valence-corrected chi connectivity index (χ2v) is 5.20. The molecule has 2 saturated heterocycles. The van der Waals surface area contributed by atoms with Crippen molar-refractivity contribution in [1.29, 1.82) is 0 Å². The van der Waals surface area contributed by atoms with Crippen LogP contribution in [0.4, 0.5) is 5.69 Å². The molecule has 0 bridgehead atoms. The molecule has 0 atom stereocenters. The SMILES string of the molecule is O=C(c1ccc(N2CCCCC2=O)cc1)N1CCC1. The van der Waals surface area contributed by atoms with E-state index in [1.165, 1.54) is 0 Å². The molecule has 2 aliphatic rings. The Morgan fingerprint density at radius 2 is 1.68 bits per heavy atom. The molecule has 2 aliphatic heterocycles. The summed E-state index contributed by atoms with van der Waals surface area (Å²) < 4.78 is 0. The third-order valence-corrected chi connectivity index (χ3v) is 3.89. The molecule has 0 radical (unpaired) electrons. The molecule has 2 heterocycles. The highest BCUT2D eigenvalue weighted by Gasteiger charge is 2.23. The molecule has 3 rings (SSSR count). The molecule has 2 amide bonds. The van der Waals surface area contributed by atoms with E-state index >= 15 is 0 Å². The molecule has 0 saturated carbocycles. The van der Waals surface area contributed by atoms with Gasteiger partial charge in [-0.25, -0.2) is 0 Å². The summed E-state index contributed by atoms with van der Waals surface area (Å²) in [6.07, 6.45) is 3.78. The second-order valence-electron chi connectivity index (χ2n) is 5.20. The molecule has 4 heteroatoms. The fourth-order valence-corrected chi connectivity index (χ4v) is 2.56. The summed E-state index contributed by atoms with van der Waals surface area (Å²) in [5.74, 6) is 0.288. The minimum absolute atomic E-state index is 0.0998. The first kappa shape index (κ1) is 12.2. The van der Waals surface area contributed by atoms with Gasteiger partial charge in [0, 0.05) is 37.3 Å². The van der Waals surface area contributed by atoms with E-state index in [4.69, 9.17) is 0 Å². The van der Waals surface area contributed by atoms with Crippen molar-refractivity contribution in [1.82, 2.24) is 4.90 Å². The number of nitrogens with zero attached hydrogens (tertiary/aromatic N) is 2. The molecule has 0 aromatic heterocycles. The van der Waals surface area contributed by atoms with Crippen molar-refractivity contribution in [2.45, 2.75) is 25.7 Å². The first-order valence-electron chi connectivity index (χ1n) is 6.95. The lowest BCUT2D eigenvalue weighted by atomic mass is 10.1. The topological polar surface area (TPSA) is 40.6 Å². The molecule has 19 heavy (non-hydrogen) atoms. The number of hydrogen-bond acceptors (Lipinski definition) is 2. The summed E-state index contributed by atoms with van der Waals surface area (Å²) in [5.41, 5.74) is 1.62. The summed E-state index contributed by atoms with van der Waals surface area (Å²) in [7, 11) is 0. The van der Waals surface area contributed by atoms with Gasteiger partial charge >= 0.3 is 0 Å². The van der Waals surface area contributed by atoms with E-state index in [0.29, 0.717) is 12.0 Å². The monoisotopic (exact) mass is 258 g/mol. The Morgan fingerprint density at radius 3 is 2.26 bits per heavy atom. The smallest absolute Gasteiger partial charge is 0.253 e. The Labute approximate surface area is 113 Å². The van der Waals surface area contributed by atoms with Crippen LogP contribution in [-0.2, 0) is 4.79 Å². The van der Waals surface area contributed by atoms with E-state index in [9.17, 15) is 9.59 Å². The van der Waals surface area contributed by atoms with Crippen LogP contribution in [0.5, 0.6) is 0 Å². The van der Waals surface area contributed by atoms with Gasteiger partial charge in [0.05, 0.1) is 0 Å². The van der Waals surface area contributed by atoms with Crippen LogP contribution in [0, 0.1) is 0 Å². The van der Waals surface area contributed by atoms with E-state index in [1.807, 2.05) is 34.1 Å². The maximum Gasteiger partial charge on any atom is 0.253 e. The van der Waals surface area contributed by atoms with Crippen molar-refractivity contribution in [3.63, 3.8) is 0 Å². The number of carbonyl (C=O) groups is 2. The van der Waals surface area contributed by atoms with Crippen molar-refractivity contribution in [3.05, 3.63) is 29.8 Å². The molecule has 1 aromatic carbocycles. The molecule has 0 aliphatic carbocycles. The van der Waals surface area contributed by atoms with Gasteiger partial charge in [0.25, 0.3) is 5.91 Å². The number of likely N-dealkylation sites (tertiary alicyclic amines) is 1. The average Bonchev–Trinajstić information content (AvgIpc) is 2.37. The van der Waals surface area contributed by atoms with Gasteiger partial charge in [-0.1, -0.05) is 0 Å². The molecule has 2 fully saturated rings. The number of piperidine rings is 1. The van der Waals surface area contributed by atoms with Gasteiger partial charge in [0.15, 0.2) is 0 Å². The first-order valence-corrected chi connectivity index (χ1v) is 6.95. The summed E-state index contributed by atoms with van der Waals surface area (Å²) >= 11 is 0. The largest absolute Gasteiger partial charge is 0.339 e. The van der Waals surface area contributed by atoms with Crippen LogP contribution in [0.3, 0.4) is 0 Å². The Hall–Kier alpha value is -1.84. The van der Waals surface area contributed by atoms with E-state index in [-0.39, 0.29) is 11.8 Å². The van der Waals surface area contributed by atoms with Gasteiger partial charge in [0.1, 0.15) is 0 Å². The zero-order chi connectivity index (χ0) is 13.2. The average molecular weight is 258 g/mol. The van der Waals surface area contributed by atoms with Crippen LogP contribution in [0.2, 0.25) is 0 Å². The van der Waals surface area contributed by atoms with Crippen LogP contribution >= 0.6 is 0 Å². The van der Waals surface area contributed by atoms with Gasteiger partial charge in [-0.3, -0.25) is 9.59 Å². The van der Waals surface area contributed by atoms with Crippen molar-refractivity contribution in [2.24, 2.45) is 0 Å². The van der Waals surface area contributed by atoms with Crippen LogP contribution in [-0.4, -0.2) is 36.3 Å². The lowest BCUT2D eigenvalue weighted by Gasteiger charge is -2.31. The Bertz CT molecular complexity index is 491. The zero-order valence-corrected chi connectivity index (χ0v) is 11.0. The number of benzene rings is 1. The second kappa shape index (κ2) is 5.03. The normalized spacial score (nSPS) is 19.3. The fourth-order valence-electron chi connectivity index (χ4n) is 2.56. The van der Waals surface area contributed by atoms with E-state index in [0.717, 1.165) is 44.6 Å². The minimum Gasteiger partial charge on any atom is -0.339 e. The number of amides is 2. The highest BCUT2D eigenvalue weighted by atomic mass is 16.2. The van der Waals surface area contributed by atoms with Crippen molar-refractivity contribution in [3.8, 4) is 0 Å². The van der Waals surface area contributed by atoms with E-state index < -0.39 is 0 Å². The van der Waals surface area contributed by atoms with Gasteiger partial charge in [-0.2, -0.15) is 0 Å². The number of rotatable bonds is 2. The highest BCUT2D eigenvalue weighted by Crippen LogP contribution is 2.22. The fraction of sp³-hybridized carbons (Fsp3) is 0.467. The highest BCUT2D eigenvalue weighted by molar-refractivity contribution is 5.97. The van der Waals surface area contributed by atoms with E-state index in [1.54, 1.807) is 0 Å². The quantitative estimate of drug-likeness (QED) is 0.814. The lowest BCUT2D eigenvalue weighted by molar-refractivity contribution is -0.119. The van der Waals surface area contributed by atoms with Crippen LogP contribution in [0.1, 0.15) is 36.0 Å². The summed E-state index contributed by atoms with van der Waals surface area (Å²) in [5, 5.41) is 0. The molecule has 0 spiro atoms. The summed E-state index contributed by atoms with van der Waals surface area (Å²) in [4.78, 5) is 27.5. The maximum atomic E-state index is 12.0. The molecule has 1 aromatic rings. The zero-order valence-electron chi connectivity index (χ0n) is 11.0. The predicted molar refractivity (Wildman–Crippen MR) is 73.2 cm³/mol. The summed E-state index contributed by atoms with van der Waals surface area (Å²) in [6, 6.07) is 7.43. The third kappa shape index (κ3) is 2.35. The third-order valence-electron chi connectivity index (χ3n) is 3.89. The molecule has 0 unspecified atom stereocenters. The standard InChI is InChI=1S/C15H18N2O2/c18-14-4-1-2-11-17(14)13-7-5-12(6-8-13)15(19)16-9-3-10-16/h5-8H,1-4,9-11H2. The predicted octanol–water partition coefficient (Wildman–Crippen LogP) is 2.05. The van der Waals surface area contributed by atoms with Gasteiger partial charge < -0.3 is 9.80 Å². The molecule has 100 valence electrons. The van der Waals surface area contributed by atoms with Gasteiger partial charge in [-0.15, -0.1) is 0 Å². The first-order chi connectivity index (χ1) is 9.25. The minimum atomic E-state index is 0.0998. The number of carbonyl (C=O) groups excluding carboxylic acids is 2. The van der Waals surface area contributed by atoms with Crippen LogP contribution in [0.25, 0.3) is 0 Å². The van der Waals surface area contributed by atoms with Crippen LogP contribution < -0.4 is 4.90 Å². The number of anilines is 1. The van der Waals surface area contributed by atoms with Crippen molar-refractivity contribution in [2.75, 3.05) is 24.5 Å². The molecule has 0 N–H and O–H groups in total. The molecule has 4 nitrogen and oxygen atoms in total. The Morgan fingerprint density at radius 1 is 0.947 bits per heavy atom. The lowest BCUT2D eigenvalue weighted by Crippen LogP contribution is -2.42. The van der Waals surface area contributed by atoms with Crippen LogP contribution in [0.15, 0.2) is 24.3 Å². The molecular weight excluding hydrogens is 240 g/mol. The Balaban J connectivity index is 1.74. The number of hydrogen-bond donors (Lipinski definition) is 0. The Kier molecular flexibility index (Phi) is 3.23. The molecular formula is C15H18N2O2.